The Labute approximate surface area is 231 Å². The van der Waals surface area contributed by atoms with Crippen LogP contribution in [0, 0.1) is 18.8 Å². The van der Waals surface area contributed by atoms with Crippen LogP contribution in [-0.2, 0) is 21.0 Å². The van der Waals surface area contributed by atoms with Gasteiger partial charge in [0.1, 0.15) is 5.75 Å². The maximum Gasteiger partial charge on any atom is 0.356 e. The zero-order chi connectivity index (χ0) is 29.0. The second kappa shape index (κ2) is 14.6. The molecule has 0 radical (unpaired) electrons. The van der Waals surface area contributed by atoms with Crippen LogP contribution < -0.4 is 4.74 Å². The zero-order valence-electron chi connectivity index (χ0n) is 23.4. The first kappa shape index (κ1) is 31.0. The van der Waals surface area contributed by atoms with Crippen molar-refractivity contribution in [3.05, 3.63) is 94.9 Å². The molecule has 0 spiro atoms. The van der Waals surface area contributed by atoms with Gasteiger partial charge in [-0.2, -0.15) is 0 Å². The molecule has 7 nitrogen and oxygen atoms in total. The third kappa shape index (κ3) is 8.13. The maximum absolute atomic E-state index is 11.6. The molecule has 0 fully saturated rings. The number of aromatic nitrogens is 2. The van der Waals surface area contributed by atoms with Gasteiger partial charge in [-0.1, -0.05) is 50.8 Å². The number of esters is 1. The van der Waals surface area contributed by atoms with Gasteiger partial charge in [0.15, 0.2) is 15.5 Å². The summed E-state index contributed by atoms with van der Waals surface area (Å²) in [6, 6.07) is 16.6. The summed E-state index contributed by atoms with van der Waals surface area (Å²) in [5, 5.41) is 0.702. The lowest BCUT2D eigenvalue weighted by atomic mass is 10.1. The van der Waals surface area contributed by atoms with E-state index in [4.69, 9.17) is 9.47 Å². The van der Waals surface area contributed by atoms with Crippen molar-refractivity contribution in [2.45, 2.75) is 39.0 Å². The lowest BCUT2D eigenvalue weighted by Crippen LogP contribution is -2.08. The Kier molecular flexibility index (Phi) is 11.6. The van der Waals surface area contributed by atoms with E-state index >= 15 is 0 Å². The lowest BCUT2D eigenvalue weighted by Gasteiger charge is -2.07. The Balaban J connectivity index is 0.000000265. The number of ether oxygens (including phenoxy) is 2. The molecule has 0 amide bonds. The predicted octanol–water partition coefficient (Wildman–Crippen LogP) is 5.81. The van der Waals surface area contributed by atoms with Gasteiger partial charge in [0.2, 0.25) is 0 Å². The fourth-order valence-electron chi connectivity index (χ4n) is 3.58. The summed E-state index contributed by atoms with van der Waals surface area (Å²) in [5.41, 5.74) is 4.58. The van der Waals surface area contributed by atoms with Crippen molar-refractivity contribution in [3.63, 3.8) is 0 Å². The molecule has 0 saturated carbocycles. The molecule has 4 aromatic rings. The van der Waals surface area contributed by atoms with Crippen LogP contribution in [0.3, 0.4) is 0 Å². The summed E-state index contributed by atoms with van der Waals surface area (Å²) in [7, 11) is -0.372. The topological polar surface area (TPSA) is 95.5 Å². The van der Waals surface area contributed by atoms with Crippen molar-refractivity contribution in [2.24, 2.45) is 0 Å². The normalized spacial score (nSPS) is 10.1. The molecule has 2 aromatic carbocycles. The summed E-state index contributed by atoms with van der Waals surface area (Å²) in [6.45, 7) is 8.00. The summed E-state index contributed by atoms with van der Waals surface area (Å²) in [6.07, 6.45) is 5.05. The second-order valence-corrected chi connectivity index (χ2v) is 10.1. The van der Waals surface area contributed by atoms with Crippen molar-refractivity contribution < 1.29 is 22.7 Å². The highest BCUT2D eigenvalue weighted by atomic mass is 32.2. The van der Waals surface area contributed by atoms with Crippen LogP contribution >= 0.6 is 0 Å². The summed E-state index contributed by atoms with van der Waals surface area (Å²) < 4.78 is 33.0. The first-order chi connectivity index (χ1) is 18.7. The molecule has 0 bridgehead atoms. The van der Waals surface area contributed by atoms with Crippen molar-refractivity contribution in [1.82, 2.24) is 9.97 Å². The summed E-state index contributed by atoms with van der Waals surface area (Å²) in [5.74, 6) is 6.44. The van der Waals surface area contributed by atoms with Crippen molar-refractivity contribution >= 4 is 26.7 Å². The fraction of sp³-hybridized carbons (Fsp3) is 0.258. The van der Waals surface area contributed by atoms with E-state index in [1.165, 1.54) is 19.4 Å². The predicted molar refractivity (Wildman–Crippen MR) is 155 cm³/mol. The number of fused-ring (bicyclic) bond motifs is 1. The van der Waals surface area contributed by atoms with Gasteiger partial charge in [-0.25, -0.2) is 18.2 Å². The first-order valence-corrected chi connectivity index (χ1v) is 14.3. The van der Waals surface area contributed by atoms with E-state index in [0.29, 0.717) is 28.8 Å². The largest absolute Gasteiger partial charge is 0.496 e. The number of benzene rings is 2. The molecule has 0 aliphatic heterocycles. The summed E-state index contributed by atoms with van der Waals surface area (Å²) in [4.78, 5) is 20.1. The molecule has 2 aromatic heterocycles. The molecule has 0 atom stereocenters. The molecule has 0 unspecified atom stereocenters. The quantitative estimate of drug-likeness (QED) is 0.235. The first-order valence-electron chi connectivity index (χ1n) is 12.5. The maximum atomic E-state index is 11.6. The lowest BCUT2D eigenvalue weighted by molar-refractivity contribution is 0.0592. The zero-order valence-corrected chi connectivity index (χ0v) is 24.2. The summed E-state index contributed by atoms with van der Waals surface area (Å²) >= 11 is 0. The van der Waals surface area contributed by atoms with Gasteiger partial charge >= 0.3 is 5.97 Å². The van der Waals surface area contributed by atoms with Crippen molar-refractivity contribution in [2.75, 3.05) is 20.5 Å². The van der Waals surface area contributed by atoms with E-state index in [2.05, 4.69) is 21.8 Å². The van der Waals surface area contributed by atoms with Gasteiger partial charge in [0.05, 0.1) is 24.6 Å². The molecule has 2 heterocycles. The number of sulfone groups is 1. The average Bonchev–Trinajstić information content (AvgIpc) is 2.96. The van der Waals surface area contributed by atoms with Crippen LogP contribution in [-0.4, -0.2) is 44.8 Å². The highest BCUT2D eigenvalue weighted by molar-refractivity contribution is 7.91. The monoisotopic (exact) mass is 546 g/mol. The number of methoxy groups -OCH3 is 2. The number of pyridine rings is 2. The molecule has 4 rings (SSSR count). The smallest absolute Gasteiger partial charge is 0.356 e. The molecule has 0 N–H and O–H groups in total. The van der Waals surface area contributed by atoms with Crippen LogP contribution in [0.2, 0.25) is 0 Å². The number of hydrogen-bond donors (Lipinski definition) is 0. The minimum absolute atomic E-state index is 0.226. The molecular weight excluding hydrogens is 512 g/mol. The molecule has 0 aliphatic carbocycles. The molecule has 204 valence electrons. The van der Waals surface area contributed by atoms with Gasteiger partial charge in [-0.05, 0) is 60.9 Å². The van der Waals surface area contributed by atoms with E-state index in [1.807, 2.05) is 58.0 Å². The molecule has 8 heteroatoms. The Morgan fingerprint density at radius 3 is 2.31 bits per heavy atom. The number of carbonyl (C=O) groups excluding carboxylic acids is 1. The standard InChI is InChI=1S/C18H17NO2.C11H11NO3S.C2H6/c1-4-15-11-14(12-19-17(15)18(20)21-3)9-10-16-8-6-5-7-13(16)2;1-15-9-5-6-10(16(2,13)14)11-8(9)4-3-7-12-11;1-2/h5-8,11-12H,4H2,1-3H3;3-7H,1-2H3;1-2H3. The molecule has 0 saturated heterocycles. The van der Waals surface area contributed by atoms with Crippen LogP contribution in [0.4, 0.5) is 0 Å². The van der Waals surface area contributed by atoms with Gasteiger partial charge in [-0.15, -0.1) is 0 Å². The molecule has 39 heavy (non-hydrogen) atoms. The van der Waals surface area contributed by atoms with E-state index in [0.717, 1.165) is 22.3 Å². The van der Waals surface area contributed by atoms with Gasteiger partial charge < -0.3 is 9.47 Å². The van der Waals surface area contributed by atoms with Crippen LogP contribution in [0.15, 0.2) is 71.9 Å². The Morgan fingerprint density at radius 1 is 0.974 bits per heavy atom. The fourth-order valence-corrected chi connectivity index (χ4v) is 4.41. The Morgan fingerprint density at radius 2 is 1.69 bits per heavy atom. The third-order valence-corrected chi connectivity index (χ3v) is 6.65. The van der Waals surface area contributed by atoms with Gasteiger partial charge in [-0.3, -0.25) is 4.98 Å². The number of carbonyl (C=O) groups is 1. The second-order valence-electron chi connectivity index (χ2n) is 8.08. The van der Waals surface area contributed by atoms with Crippen molar-refractivity contribution in [1.29, 1.82) is 0 Å². The van der Waals surface area contributed by atoms with Gasteiger partial charge in [0, 0.05) is 35.2 Å². The number of hydrogen-bond acceptors (Lipinski definition) is 7. The van der Waals surface area contributed by atoms with E-state index in [1.54, 1.807) is 37.7 Å². The minimum atomic E-state index is -3.27. The van der Waals surface area contributed by atoms with Crippen molar-refractivity contribution in [3.8, 4) is 17.6 Å². The third-order valence-electron chi connectivity index (χ3n) is 5.52. The average molecular weight is 547 g/mol. The Hall–Kier alpha value is -4.22. The van der Waals surface area contributed by atoms with Crippen LogP contribution in [0.1, 0.15) is 53.5 Å². The van der Waals surface area contributed by atoms with Gasteiger partial charge in [0.25, 0.3) is 0 Å². The minimum Gasteiger partial charge on any atom is -0.496 e. The SMILES string of the molecule is CC.CCc1cc(C#Cc2ccccc2C)cnc1C(=O)OC.COc1ccc(S(C)(=O)=O)c2ncccc12. The van der Waals surface area contributed by atoms with E-state index in [-0.39, 0.29) is 4.90 Å². The highest BCUT2D eigenvalue weighted by Crippen LogP contribution is 2.29. The van der Waals surface area contributed by atoms with Crippen LogP contribution in [0.5, 0.6) is 5.75 Å². The number of aryl methyl sites for hydroxylation is 2. The number of nitrogens with zero attached hydrogens (tertiary/aromatic N) is 2. The molecular formula is C31H34N2O5S. The van der Waals surface area contributed by atoms with E-state index < -0.39 is 15.8 Å². The molecule has 0 aliphatic rings. The van der Waals surface area contributed by atoms with E-state index in [9.17, 15) is 13.2 Å². The highest BCUT2D eigenvalue weighted by Gasteiger charge is 2.15. The Bertz CT molecular complexity index is 1600. The van der Waals surface area contributed by atoms with Crippen LogP contribution in [0.25, 0.3) is 10.9 Å². The number of rotatable bonds is 4.